The van der Waals surface area contributed by atoms with Crippen LogP contribution in [0.15, 0.2) is 94.6 Å². The highest BCUT2D eigenvalue weighted by molar-refractivity contribution is 8.00. The maximum absolute atomic E-state index is 6.08. The van der Waals surface area contributed by atoms with Crippen LogP contribution in [0.1, 0.15) is 145 Å². The molecule has 0 amide bonds. The van der Waals surface area contributed by atoms with Crippen LogP contribution in [0.2, 0.25) is 0 Å². The molecule has 1 aromatic heterocycles. The van der Waals surface area contributed by atoms with Crippen LogP contribution in [-0.4, -0.2) is 70.9 Å². The number of rotatable bonds is 20. The molecule has 58 heavy (non-hydrogen) atoms. The fraction of sp³-hybridized carbons (Fsp3) is 0.596. The van der Waals surface area contributed by atoms with Crippen molar-refractivity contribution < 1.29 is 4.42 Å². The predicted molar refractivity (Wildman–Crippen MR) is 257 cm³/mol. The summed E-state index contributed by atoms with van der Waals surface area (Å²) in [6, 6.07) is 30.6. The second-order valence-corrected chi connectivity index (χ2v) is 19.5. The molecule has 5 rings (SSSR count). The quantitative estimate of drug-likeness (QED) is 0.0654. The summed E-state index contributed by atoms with van der Waals surface area (Å²) in [5.74, 6) is 0.832. The minimum Gasteiger partial charge on any atom is -0.431 e. The van der Waals surface area contributed by atoms with Gasteiger partial charge in [0.05, 0.1) is 0 Å². The van der Waals surface area contributed by atoms with Crippen molar-refractivity contribution in [2.24, 2.45) is 0 Å². The van der Waals surface area contributed by atoms with Gasteiger partial charge in [0.1, 0.15) is 5.69 Å². The molecule has 0 unspecified atom stereocenters. The topological polar surface area (TPSA) is 35.8 Å². The molecule has 0 saturated carbocycles. The van der Waals surface area contributed by atoms with Gasteiger partial charge in [-0.25, -0.2) is 4.98 Å². The Morgan fingerprint density at radius 1 is 0.638 bits per heavy atom. The smallest absolute Gasteiger partial charge is 0.257 e. The van der Waals surface area contributed by atoms with E-state index in [0.717, 1.165) is 41.7 Å². The summed E-state index contributed by atoms with van der Waals surface area (Å²) in [6.45, 7) is 29.8. The zero-order chi connectivity index (χ0) is 42.2. The van der Waals surface area contributed by atoms with E-state index >= 15 is 0 Å². The van der Waals surface area contributed by atoms with Gasteiger partial charge in [-0.15, -0.1) is 0 Å². The lowest BCUT2D eigenvalue weighted by molar-refractivity contribution is 0.209. The van der Waals surface area contributed by atoms with Gasteiger partial charge in [0, 0.05) is 59.8 Å². The molecule has 1 fully saturated rings. The van der Waals surface area contributed by atoms with Crippen molar-refractivity contribution in [2.45, 2.75) is 168 Å². The van der Waals surface area contributed by atoms with E-state index in [1.54, 1.807) is 11.8 Å². The van der Waals surface area contributed by atoms with Crippen molar-refractivity contribution in [2.75, 3.05) is 44.2 Å². The van der Waals surface area contributed by atoms with Crippen LogP contribution in [0.25, 0.3) is 22.6 Å². The van der Waals surface area contributed by atoms with E-state index in [0.29, 0.717) is 11.3 Å². The molecule has 1 saturated heterocycles. The zero-order valence-electron chi connectivity index (χ0n) is 38.6. The number of nitrogens with zero attached hydrogens (tertiary/aromatic N) is 4. The molecule has 3 aromatic carbocycles. The molecular formula is C52H82N4OS. The van der Waals surface area contributed by atoms with Gasteiger partial charge in [-0.05, 0) is 72.7 Å². The van der Waals surface area contributed by atoms with Gasteiger partial charge in [0.2, 0.25) is 0 Å². The van der Waals surface area contributed by atoms with Crippen molar-refractivity contribution in [3.8, 4) is 22.6 Å². The molecule has 6 heteroatoms. The molecule has 2 heterocycles. The van der Waals surface area contributed by atoms with E-state index < -0.39 is 0 Å². The van der Waals surface area contributed by atoms with Crippen molar-refractivity contribution in [1.29, 1.82) is 0 Å². The number of unbranched alkanes of at least 4 members (excludes halogenated alkanes) is 10. The van der Waals surface area contributed by atoms with Crippen LogP contribution in [0.4, 0.5) is 5.69 Å². The molecule has 0 spiro atoms. The van der Waals surface area contributed by atoms with E-state index in [2.05, 4.69) is 132 Å². The van der Waals surface area contributed by atoms with E-state index in [-0.39, 0.29) is 4.75 Å². The summed E-state index contributed by atoms with van der Waals surface area (Å²) in [4.78, 5) is 12.5. The fourth-order valence-corrected chi connectivity index (χ4v) is 8.04. The third kappa shape index (κ3) is 19.3. The number of thioether (sulfide) groups is 1. The summed E-state index contributed by atoms with van der Waals surface area (Å²) in [7, 11) is 0. The highest BCUT2D eigenvalue weighted by Gasteiger charge is 2.22. The summed E-state index contributed by atoms with van der Waals surface area (Å²) in [5, 5.41) is 0.713. The van der Waals surface area contributed by atoms with Gasteiger partial charge in [-0.3, -0.25) is 4.90 Å². The first-order valence-electron chi connectivity index (χ1n) is 23.0. The van der Waals surface area contributed by atoms with E-state index in [1.165, 1.54) is 114 Å². The van der Waals surface area contributed by atoms with Gasteiger partial charge in [-0.2, -0.15) is 0 Å². The monoisotopic (exact) mass is 811 g/mol. The average Bonchev–Trinajstić information content (AvgIpc) is 3.63. The highest BCUT2D eigenvalue weighted by atomic mass is 32.2. The Bertz CT molecular complexity index is 1520. The Balaban J connectivity index is 0.000000236. The van der Waals surface area contributed by atoms with E-state index in [4.69, 9.17) is 9.40 Å². The normalized spacial score (nSPS) is 13.4. The number of hydrogen-bond acceptors (Lipinski definition) is 6. The Labute approximate surface area is 360 Å². The van der Waals surface area contributed by atoms with Crippen LogP contribution in [-0.2, 0) is 0 Å². The first-order valence-corrected chi connectivity index (χ1v) is 23.8. The maximum atomic E-state index is 6.08. The zero-order valence-corrected chi connectivity index (χ0v) is 39.4. The molecule has 0 atom stereocenters. The molecule has 1 aliphatic heterocycles. The Morgan fingerprint density at radius 3 is 1.59 bits per heavy atom. The lowest BCUT2D eigenvalue weighted by Crippen LogP contribution is -2.48. The van der Waals surface area contributed by atoms with Crippen molar-refractivity contribution in [3.63, 3.8) is 0 Å². The van der Waals surface area contributed by atoms with E-state index in [9.17, 15) is 0 Å². The van der Waals surface area contributed by atoms with Crippen molar-refractivity contribution in [1.82, 2.24) is 14.8 Å². The SMILES string of the molecule is CC(C)(C)Sc1nc(-c2ccccc2)c(-c2ccccc2)o1.CCCCCCCCN(CCCCCCCC)C(C)C.Cc1ccc(N2CCN(C(C)C)CC2)cc1. The molecule has 0 bridgehead atoms. The van der Waals surface area contributed by atoms with Crippen LogP contribution in [0, 0.1) is 6.92 Å². The van der Waals surface area contributed by atoms with Gasteiger partial charge in [0.15, 0.2) is 5.76 Å². The second-order valence-electron chi connectivity index (χ2n) is 17.7. The van der Waals surface area contributed by atoms with E-state index in [1.807, 2.05) is 36.4 Å². The lowest BCUT2D eigenvalue weighted by atomic mass is 10.1. The lowest BCUT2D eigenvalue weighted by Gasteiger charge is -2.38. The molecule has 322 valence electrons. The first-order chi connectivity index (χ1) is 27.9. The van der Waals surface area contributed by atoms with Gasteiger partial charge in [-0.1, -0.05) is 189 Å². The third-order valence-electron chi connectivity index (χ3n) is 10.9. The largest absolute Gasteiger partial charge is 0.431 e. The Morgan fingerprint density at radius 2 is 1.12 bits per heavy atom. The summed E-state index contributed by atoms with van der Waals surface area (Å²) < 4.78 is 6.15. The summed E-state index contributed by atoms with van der Waals surface area (Å²) in [6.07, 6.45) is 17.0. The number of oxazole rings is 1. The number of piperazine rings is 1. The molecule has 0 aliphatic carbocycles. The molecule has 4 aromatic rings. The molecular weight excluding hydrogens is 729 g/mol. The second kappa shape index (κ2) is 27.7. The third-order valence-corrected chi connectivity index (χ3v) is 11.8. The van der Waals surface area contributed by atoms with Gasteiger partial charge in [0.25, 0.3) is 5.22 Å². The van der Waals surface area contributed by atoms with Crippen LogP contribution >= 0.6 is 11.8 Å². The minimum absolute atomic E-state index is 0.0623. The standard InChI is InChI=1S/C19H19NOS.C19H41N.C14H22N2/c1-19(2,3)22-18-20-16(14-10-6-4-7-11-14)17(21-18)15-12-8-5-9-13-15;1-5-7-9-11-13-15-17-20(19(3)4)18-16-14-12-10-8-6-2;1-12(2)15-8-10-16(11-9-15)14-6-4-13(3)5-7-14/h4-13H,1-3H3;19H,5-18H2,1-4H3;4-7,12H,8-11H2,1-3H3. The van der Waals surface area contributed by atoms with Crippen molar-refractivity contribution >= 4 is 17.4 Å². The Kier molecular flexibility index (Phi) is 23.5. The predicted octanol–water partition coefficient (Wildman–Crippen LogP) is 14.8. The van der Waals surface area contributed by atoms with Gasteiger partial charge < -0.3 is 14.2 Å². The number of aryl methyl sites for hydroxylation is 1. The molecule has 1 aliphatic rings. The molecule has 5 nitrogen and oxygen atoms in total. The van der Waals surface area contributed by atoms with Crippen molar-refractivity contribution in [3.05, 3.63) is 90.5 Å². The van der Waals surface area contributed by atoms with Crippen LogP contribution < -0.4 is 4.90 Å². The van der Waals surface area contributed by atoms with Crippen LogP contribution in [0.3, 0.4) is 0 Å². The fourth-order valence-electron chi connectivity index (χ4n) is 7.25. The number of benzene rings is 3. The highest BCUT2D eigenvalue weighted by Crippen LogP contribution is 2.39. The average molecular weight is 811 g/mol. The number of anilines is 1. The number of hydrogen-bond donors (Lipinski definition) is 0. The first kappa shape index (κ1) is 49.3. The van der Waals surface area contributed by atoms with Gasteiger partial charge >= 0.3 is 0 Å². The minimum atomic E-state index is 0.0623. The summed E-state index contributed by atoms with van der Waals surface area (Å²) in [5.41, 5.74) is 5.73. The Hall–Kier alpha value is -3.06. The molecule has 0 radical (unpaired) electrons. The summed E-state index contributed by atoms with van der Waals surface area (Å²) >= 11 is 1.65. The van der Waals surface area contributed by atoms with Crippen LogP contribution in [0.5, 0.6) is 0 Å². The molecule has 0 N–H and O–H groups in total. The number of aromatic nitrogens is 1. The maximum Gasteiger partial charge on any atom is 0.257 e.